The average molecular weight is 167 g/mol. The summed E-state index contributed by atoms with van der Waals surface area (Å²) in [5.74, 6) is -0.00593. The summed E-state index contributed by atoms with van der Waals surface area (Å²) in [6.45, 7) is 2.18. The highest BCUT2D eigenvalue weighted by atomic mass is 19.4. The topological polar surface area (TPSA) is 50.7 Å². The third-order valence-corrected chi connectivity index (χ3v) is 0.768. The molecule has 0 aliphatic rings. The average Bonchev–Trinajstić information content (AvgIpc) is 1.80. The molecule has 11 heavy (non-hydrogen) atoms. The number of hydrogen-bond acceptors (Lipinski definition) is 2. The van der Waals surface area contributed by atoms with Crippen molar-refractivity contribution in [2.75, 3.05) is 0 Å². The van der Waals surface area contributed by atoms with Gasteiger partial charge in [0.15, 0.2) is 0 Å². The summed E-state index contributed by atoms with van der Waals surface area (Å²) in [6, 6.07) is 0. The van der Waals surface area contributed by atoms with Gasteiger partial charge in [0.05, 0.1) is 0 Å². The molecule has 6 heteroatoms. The van der Waals surface area contributed by atoms with Gasteiger partial charge in [0.1, 0.15) is 11.5 Å². The summed E-state index contributed by atoms with van der Waals surface area (Å²) in [7, 11) is 0. The second-order valence-corrected chi connectivity index (χ2v) is 1.92. The van der Waals surface area contributed by atoms with Crippen LogP contribution in [-0.2, 0) is 0 Å². The summed E-state index contributed by atoms with van der Waals surface area (Å²) in [4.78, 5) is 0. The van der Waals surface area contributed by atoms with Crippen LogP contribution >= 0.6 is 0 Å². The van der Waals surface area contributed by atoms with Gasteiger partial charge >= 0.3 is 6.18 Å². The number of halogens is 3. The molecule has 0 rings (SSSR count). The molecule has 0 saturated carbocycles. The molecule has 3 nitrogen and oxygen atoms in total. The first-order valence-corrected chi connectivity index (χ1v) is 2.75. The fourth-order valence-corrected chi connectivity index (χ4v) is 0.211. The molecular formula is C5H8F3N3. The van der Waals surface area contributed by atoms with E-state index in [9.17, 15) is 13.2 Å². The smallest absolute Gasteiger partial charge is 0.386 e. The van der Waals surface area contributed by atoms with Crippen LogP contribution in [0.3, 0.4) is 0 Å². The first kappa shape index (κ1) is 9.93. The highest BCUT2D eigenvalue weighted by Gasteiger charge is 2.32. The van der Waals surface area contributed by atoms with Crippen molar-refractivity contribution >= 4 is 11.5 Å². The van der Waals surface area contributed by atoms with Crippen molar-refractivity contribution in [2.24, 2.45) is 15.9 Å². The SMILES string of the molecule is C/C(N)=N/N=C(\C)C(F)(F)F. The molecular weight excluding hydrogens is 159 g/mol. The molecule has 0 aliphatic carbocycles. The maximum absolute atomic E-state index is 11.7. The molecule has 0 atom stereocenters. The molecule has 64 valence electrons. The molecule has 0 aromatic carbocycles. The predicted molar refractivity (Wildman–Crippen MR) is 36.5 cm³/mol. The third kappa shape index (κ3) is 4.35. The van der Waals surface area contributed by atoms with Crippen LogP contribution in [0.2, 0.25) is 0 Å². The van der Waals surface area contributed by atoms with Crippen molar-refractivity contribution in [3.8, 4) is 0 Å². The molecule has 0 heterocycles. The van der Waals surface area contributed by atoms with Gasteiger partial charge in [-0.15, -0.1) is 10.2 Å². The van der Waals surface area contributed by atoms with Crippen LogP contribution in [0.5, 0.6) is 0 Å². The summed E-state index contributed by atoms with van der Waals surface area (Å²) >= 11 is 0. The number of rotatable bonds is 1. The van der Waals surface area contributed by atoms with Gasteiger partial charge in [-0.25, -0.2) is 0 Å². The number of hydrogen-bond donors (Lipinski definition) is 1. The number of nitrogens with zero attached hydrogens (tertiary/aromatic N) is 2. The van der Waals surface area contributed by atoms with Crippen molar-refractivity contribution in [3.63, 3.8) is 0 Å². The molecule has 2 N–H and O–H groups in total. The minimum atomic E-state index is -4.42. The highest BCUT2D eigenvalue weighted by Crippen LogP contribution is 2.16. The number of amidine groups is 1. The van der Waals surface area contributed by atoms with E-state index in [1.807, 2.05) is 0 Å². The monoisotopic (exact) mass is 167 g/mol. The van der Waals surface area contributed by atoms with Crippen LogP contribution in [0, 0.1) is 0 Å². The van der Waals surface area contributed by atoms with Crippen molar-refractivity contribution in [1.29, 1.82) is 0 Å². The summed E-state index contributed by atoms with van der Waals surface area (Å²) in [6.07, 6.45) is -4.42. The lowest BCUT2D eigenvalue weighted by Gasteiger charge is -2.01. The lowest BCUT2D eigenvalue weighted by Crippen LogP contribution is -2.19. The second kappa shape index (κ2) is 3.36. The molecule has 0 aliphatic heterocycles. The Hall–Kier alpha value is -1.07. The molecule has 0 aromatic heterocycles. The zero-order valence-corrected chi connectivity index (χ0v) is 6.11. The fraction of sp³-hybridized carbons (Fsp3) is 0.600. The molecule has 0 aromatic rings. The molecule has 0 radical (unpaired) electrons. The van der Waals surface area contributed by atoms with Crippen molar-refractivity contribution in [1.82, 2.24) is 0 Å². The Kier molecular flexibility index (Phi) is 3.03. The Morgan fingerprint density at radius 2 is 1.64 bits per heavy atom. The summed E-state index contributed by atoms with van der Waals surface area (Å²) in [5.41, 5.74) is 3.95. The highest BCUT2D eigenvalue weighted by molar-refractivity contribution is 5.88. The Morgan fingerprint density at radius 3 is 1.91 bits per heavy atom. The maximum atomic E-state index is 11.7. The Balaban J connectivity index is 4.36. The van der Waals surface area contributed by atoms with E-state index >= 15 is 0 Å². The summed E-state index contributed by atoms with van der Waals surface area (Å²) < 4.78 is 35.0. The van der Waals surface area contributed by atoms with Gasteiger partial charge in [-0.3, -0.25) is 0 Å². The molecule has 0 bridgehead atoms. The van der Waals surface area contributed by atoms with Gasteiger partial charge in [0.2, 0.25) is 0 Å². The van der Waals surface area contributed by atoms with Crippen LogP contribution in [0.25, 0.3) is 0 Å². The molecule has 0 saturated heterocycles. The largest absolute Gasteiger partial charge is 0.431 e. The Morgan fingerprint density at radius 1 is 1.18 bits per heavy atom. The van der Waals surface area contributed by atoms with Crippen LogP contribution in [-0.4, -0.2) is 17.7 Å². The van der Waals surface area contributed by atoms with E-state index in [4.69, 9.17) is 5.73 Å². The van der Waals surface area contributed by atoms with E-state index < -0.39 is 11.9 Å². The third-order valence-electron chi connectivity index (χ3n) is 0.768. The summed E-state index contributed by atoms with van der Waals surface area (Å²) in [5, 5.41) is 5.90. The lowest BCUT2D eigenvalue weighted by molar-refractivity contribution is -0.0593. The van der Waals surface area contributed by atoms with E-state index in [0.29, 0.717) is 0 Å². The van der Waals surface area contributed by atoms with Gasteiger partial charge in [0.25, 0.3) is 0 Å². The fourth-order valence-electron chi connectivity index (χ4n) is 0.211. The van der Waals surface area contributed by atoms with Crippen LogP contribution < -0.4 is 5.73 Å². The molecule has 0 unspecified atom stereocenters. The van der Waals surface area contributed by atoms with E-state index in [-0.39, 0.29) is 5.84 Å². The standard InChI is InChI=1S/C5H8F3N3/c1-3(5(6,7)8)10-11-4(2)9/h1-2H3,(H2,9,11)/b10-3+. The Bertz CT molecular complexity index is 188. The first-order valence-electron chi connectivity index (χ1n) is 2.75. The van der Waals surface area contributed by atoms with Crippen molar-refractivity contribution < 1.29 is 13.2 Å². The minimum Gasteiger partial charge on any atom is -0.386 e. The zero-order valence-electron chi connectivity index (χ0n) is 6.11. The number of nitrogens with two attached hydrogens (primary N) is 1. The Labute approximate surface area is 61.8 Å². The van der Waals surface area contributed by atoms with Crippen LogP contribution in [0.1, 0.15) is 13.8 Å². The first-order chi connectivity index (χ1) is 4.84. The van der Waals surface area contributed by atoms with E-state index in [2.05, 4.69) is 10.2 Å². The molecule has 0 amide bonds. The second-order valence-electron chi connectivity index (χ2n) is 1.92. The lowest BCUT2D eigenvalue weighted by atomic mass is 10.4. The van der Waals surface area contributed by atoms with Gasteiger partial charge in [-0.05, 0) is 13.8 Å². The van der Waals surface area contributed by atoms with Crippen molar-refractivity contribution in [3.05, 3.63) is 0 Å². The van der Waals surface area contributed by atoms with E-state index in [0.717, 1.165) is 6.92 Å². The normalized spacial score (nSPS) is 15.4. The number of alkyl halides is 3. The molecule has 0 fully saturated rings. The maximum Gasteiger partial charge on any atom is 0.431 e. The van der Waals surface area contributed by atoms with Crippen LogP contribution in [0.4, 0.5) is 13.2 Å². The van der Waals surface area contributed by atoms with Gasteiger partial charge in [-0.1, -0.05) is 0 Å². The van der Waals surface area contributed by atoms with Gasteiger partial charge in [0, 0.05) is 0 Å². The van der Waals surface area contributed by atoms with Gasteiger partial charge in [-0.2, -0.15) is 13.2 Å². The zero-order chi connectivity index (χ0) is 9.07. The quantitative estimate of drug-likeness (QED) is 0.357. The van der Waals surface area contributed by atoms with E-state index in [1.54, 1.807) is 0 Å². The predicted octanol–water partition coefficient (Wildman–Crippen LogP) is 1.30. The van der Waals surface area contributed by atoms with E-state index in [1.165, 1.54) is 6.92 Å². The minimum absolute atomic E-state index is 0.00593. The van der Waals surface area contributed by atoms with Crippen LogP contribution in [0.15, 0.2) is 10.2 Å². The van der Waals surface area contributed by atoms with Crippen molar-refractivity contribution in [2.45, 2.75) is 20.0 Å². The van der Waals surface area contributed by atoms with Gasteiger partial charge < -0.3 is 5.73 Å². The molecule has 0 spiro atoms.